The average molecular weight is 220 g/mol. The fourth-order valence-corrected chi connectivity index (χ4v) is 1.75. The second-order valence-corrected chi connectivity index (χ2v) is 4.07. The number of ketones is 1. The van der Waals surface area contributed by atoms with Crippen molar-refractivity contribution in [3.63, 3.8) is 0 Å². The number of carbonyl (C=O) groups excluding carboxylic acids is 1. The molecule has 0 aliphatic heterocycles. The third-order valence-corrected chi connectivity index (χ3v) is 2.98. The molecule has 0 heterocycles. The molecule has 86 valence electrons. The number of alkyl halides is 3. The van der Waals surface area contributed by atoms with E-state index in [2.05, 4.69) is 0 Å². The van der Waals surface area contributed by atoms with Gasteiger partial charge < -0.3 is 0 Å². The summed E-state index contributed by atoms with van der Waals surface area (Å²) in [5, 5.41) is 0. The zero-order chi connectivity index (χ0) is 11.6. The molecule has 0 saturated heterocycles. The molecule has 0 bridgehead atoms. The highest BCUT2D eigenvalue weighted by Gasteiger charge is 2.42. The van der Waals surface area contributed by atoms with Gasteiger partial charge >= 0.3 is 6.18 Å². The highest BCUT2D eigenvalue weighted by atomic mass is 19.4. The van der Waals surface area contributed by atoms with Crippen molar-refractivity contribution in [2.75, 3.05) is 0 Å². The maximum atomic E-state index is 12.3. The summed E-state index contributed by atoms with van der Waals surface area (Å²) in [6, 6.07) is 0. The van der Waals surface area contributed by atoms with E-state index < -0.39 is 12.1 Å². The summed E-state index contributed by atoms with van der Waals surface area (Å²) in [6.07, 6.45) is -2.41. The molecule has 1 rings (SSSR count). The lowest BCUT2D eigenvalue weighted by Crippen LogP contribution is -2.29. The van der Waals surface area contributed by atoms with Gasteiger partial charge in [-0.2, -0.15) is 13.2 Å². The Morgan fingerprint density at radius 1 is 1.53 bits per heavy atom. The summed E-state index contributed by atoms with van der Waals surface area (Å²) in [5.41, 5.74) is 0.581. The Bertz CT molecular complexity index is 278. The molecule has 2 unspecified atom stereocenters. The van der Waals surface area contributed by atoms with Crippen molar-refractivity contribution in [3.8, 4) is 0 Å². The van der Waals surface area contributed by atoms with Crippen LogP contribution >= 0.6 is 0 Å². The third-order valence-electron chi connectivity index (χ3n) is 2.98. The van der Waals surface area contributed by atoms with Crippen molar-refractivity contribution in [2.45, 2.75) is 39.3 Å². The Labute approximate surface area is 87.4 Å². The number of carbonyl (C=O) groups is 1. The second kappa shape index (κ2) is 4.37. The van der Waals surface area contributed by atoms with E-state index in [1.165, 1.54) is 6.08 Å². The van der Waals surface area contributed by atoms with E-state index in [-0.39, 0.29) is 24.5 Å². The third kappa shape index (κ3) is 2.83. The molecule has 0 aromatic rings. The van der Waals surface area contributed by atoms with Gasteiger partial charge in [0, 0.05) is 6.42 Å². The van der Waals surface area contributed by atoms with Crippen molar-refractivity contribution in [1.82, 2.24) is 0 Å². The normalized spacial score (nSPS) is 25.0. The van der Waals surface area contributed by atoms with Crippen molar-refractivity contribution >= 4 is 5.78 Å². The Balaban J connectivity index is 2.76. The number of Topliss-reactive ketones (excluding diaryl/α,β-unsaturated/α-hetero) is 1. The van der Waals surface area contributed by atoms with Crippen LogP contribution in [-0.4, -0.2) is 12.0 Å². The lowest BCUT2D eigenvalue weighted by atomic mass is 9.82. The van der Waals surface area contributed by atoms with E-state index in [1.807, 2.05) is 13.8 Å². The number of hydrogen-bond acceptors (Lipinski definition) is 1. The van der Waals surface area contributed by atoms with Crippen LogP contribution in [0.3, 0.4) is 0 Å². The first-order chi connectivity index (χ1) is 6.86. The van der Waals surface area contributed by atoms with E-state index in [0.717, 1.165) is 6.42 Å². The first-order valence-electron chi connectivity index (χ1n) is 5.16. The second-order valence-electron chi connectivity index (χ2n) is 4.07. The summed E-state index contributed by atoms with van der Waals surface area (Å²) in [6.45, 7) is 3.80. The van der Waals surface area contributed by atoms with Gasteiger partial charge in [0.2, 0.25) is 0 Å². The SMILES string of the molecule is CCC(C)C1=CCC(C(F)(F)F)CC1=O. The predicted molar refractivity (Wildman–Crippen MR) is 51.3 cm³/mol. The van der Waals surface area contributed by atoms with E-state index >= 15 is 0 Å². The molecule has 1 aliphatic rings. The quantitative estimate of drug-likeness (QED) is 0.696. The van der Waals surface area contributed by atoms with Gasteiger partial charge in [0.1, 0.15) is 0 Å². The van der Waals surface area contributed by atoms with Crippen LogP contribution in [0.25, 0.3) is 0 Å². The highest BCUT2D eigenvalue weighted by Crippen LogP contribution is 2.37. The minimum atomic E-state index is -4.24. The van der Waals surface area contributed by atoms with Gasteiger partial charge in [-0.3, -0.25) is 4.79 Å². The van der Waals surface area contributed by atoms with Crippen molar-refractivity contribution in [1.29, 1.82) is 0 Å². The summed E-state index contributed by atoms with van der Waals surface area (Å²) < 4.78 is 37.0. The maximum Gasteiger partial charge on any atom is 0.392 e. The molecule has 0 fully saturated rings. The molecule has 1 nitrogen and oxygen atoms in total. The average Bonchev–Trinajstić information content (AvgIpc) is 2.15. The Morgan fingerprint density at radius 3 is 2.53 bits per heavy atom. The highest BCUT2D eigenvalue weighted by molar-refractivity contribution is 5.96. The minimum Gasteiger partial charge on any atom is -0.295 e. The Kier molecular flexibility index (Phi) is 3.58. The monoisotopic (exact) mass is 220 g/mol. The lowest BCUT2D eigenvalue weighted by molar-refractivity contribution is -0.178. The van der Waals surface area contributed by atoms with Crippen LogP contribution in [0.15, 0.2) is 11.6 Å². The van der Waals surface area contributed by atoms with Crippen LogP contribution in [0, 0.1) is 11.8 Å². The van der Waals surface area contributed by atoms with Gasteiger partial charge in [-0.1, -0.05) is 19.9 Å². The van der Waals surface area contributed by atoms with E-state index in [9.17, 15) is 18.0 Å². The first kappa shape index (κ1) is 12.3. The fourth-order valence-electron chi connectivity index (χ4n) is 1.75. The predicted octanol–water partition coefficient (Wildman–Crippen LogP) is 3.50. The molecule has 0 aromatic carbocycles. The van der Waals surface area contributed by atoms with Crippen molar-refractivity contribution in [3.05, 3.63) is 11.6 Å². The van der Waals surface area contributed by atoms with Crippen LogP contribution in [0.1, 0.15) is 33.1 Å². The van der Waals surface area contributed by atoms with E-state index in [0.29, 0.717) is 5.57 Å². The van der Waals surface area contributed by atoms with Crippen molar-refractivity contribution in [2.24, 2.45) is 11.8 Å². The lowest BCUT2D eigenvalue weighted by Gasteiger charge is -2.25. The molecule has 0 radical (unpaired) electrons. The minimum absolute atomic E-state index is 0.0467. The zero-order valence-corrected chi connectivity index (χ0v) is 8.90. The van der Waals surface area contributed by atoms with Gasteiger partial charge in [0.15, 0.2) is 5.78 Å². The molecular weight excluding hydrogens is 205 g/mol. The summed E-state index contributed by atoms with van der Waals surface area (Å²) in [5.74, 6) is -1.73. The van der Waals surface area contributed by atoms with Gasteiger partial charge in [0.05, 0.1) is 5.92 Å². The number of rotatable bonds is 2. The standard InChI is InChI=1S/C11H15F3O/c1-3-7(2)9-5-4-8(6-10(9)15)11(12,13)14/h5,7-8H,3-4,6H2,1-2H3. The smallest absolute Gasteiger partial charge is 0.295 e. The van der Waals surface area contributed by atoms with Crippen LogP contribution < -0.4 is 0 Å². The first-order valence-corrected chi connectivity index (χ1v) is 5.16. The van der Waals surface area contributed by atoms with Gasteiger partial charge in [-0.05, 0) is 24.3 Å². The molecule has 2 atom stereocenters. The molecule has 0 N–H and O–H groups in total. The fraction of sp³-hybridized carbons (Fsp3) is 0.727. The number of hydrogen-bond donors (Lipinski definition) is 0. The van der Waals surface area contributed by atoms with Crippen LogP contribution in [-0.2, 0) is 4.79 Å². The van der Waals surface area contributed by atoms with Gasteiger partial charge in [-0.25, -0.2) is 0 Å². The van der Waals surface area contributed by atoms with E-state index in [1.54, 1.807) is 0 Å². The van der Waals surface area contributed by atoms with Gasteiger partial charge in [0.25, 0.3) is 0 Å². The molecule has 4 heteroatoms. The number of allylic oxidation sites excluding steroid dienone is 2. The molecule has 1 aliphatic carbocycles. The zero-order valence-electron chi connectivity index (χ0n) is 8.90. The Hall–Kier alpha value is -0.800. The molecular formula is C11H15F3O. The summed E-state index contributed by atoms with van der Waals surface area (Å²) in [4.78, 5) is 11.5. The number of halogens is 3. The molecule has 15 heavy (non-hydrogen) atoms. The van der Waals surface area contributed by atoms with Crippen molar-refractivity contribution < 1.29 is 18.0 Å². The Morgan fingerprint density at radius 2 is 2.13 bits per heavy atom. The molecule has 0 amide bonds. The summed E-state index contributed by atoms with van der Waals surface area (Å²) in [7, 11) is 0. The summed E-state index contributed by atoms with van der Waals surface area (Å²) >= 11 is 0. The van der Waals surface area contributed by atoms with Crippen LogP contribution in [0.5, 0.6) is 0 Å². The largest absolute Gasteiger partial charge is 0.392 e. The maximum absolute atomic E-state index is 12.3. The molecule has 0 saturated carbocycles. The van der Waals surface area contributed by atoms with Crippen LogP contribution in [0.4, 0.5) is 13.2 Å². The molecule has 0 spiro atoms. The van der Waals surface area contributed by atoms with E-state index in [4.69, 9.17) is 0 Å². The van der Waals surface area contributed by atoms with Crippen LogP contribution in [0.2, 0.25) is 0 Å². The molecule has 0 aromatic heterocycles. The topological polar surface area (TPSA) is 17.1 Å². The van der Waals surface area contributed by atoms with Gasteiger partial charge in [-0.15, -0.1) is 0 Å².